The fraction of sp³-hybridized carbons (Fsp3) is 0.562. The predicted molar refractivity (Wildman–Crippen MR) is 88.8 cm³/mol. The lowest BCUT2D eigenvalue weighted by Gasteiger charge is -2.34. The van der Waals surface area contributed by atoms with Crippen LogP contribution in [0.4, 0.5) is 11.4 Å². The molecule has 0 heterocycles. The van der Waals surface area contributed by atoms with Gasteiger partial charge in [0.15, 0.2) is 0 Å². The number of anilines is 2. The first kappa shape index (κ1) is 16.0. The van der Waals surface area contributed by atoms with Gasteiger partial charge < -0.3 is 16.4 Å². The predicted octanol–water partition coefficient (Wildman–Crippen LogP) is 3.43. The van der Waals surface area contributed by atoms with Crippen LogP contribution in [-0.2, 0) is 0 Å². The quantitative estimate of drug-likeness (QED) is 0.818. The fourth-order valence-corrected chi connectivity index (χ4v) is 3.47. The third-order valence-corrected chi connectivity index (χ3v) is 4.25. The molecule has 0 aliphatic heterocycles. The first-order chi connectivity index (χ1) is 9.90. The number of nitrogens with zero attached hydrogens (tertiary/aromatic N) is 1. The molecule has 0 bridgehead atoms. The molecule has 0 atom stereocenters. The summed E-state index contributed by atoms with van der Waals surface area (Å²) >= 11 is 6.41. The highest BCUT2D eigenvalue weighted by molar-refractivity contribution is 6.34. The summed E-state index contributed by atoms with van der Waals surface area (Å²) in [5, 5.41) is 0.511. The lowest BCUT2D eigenvalue weighted by atomic mass is 10.0. The van der Waals surface area contributed by atoms with Gasteiger partial charge in [-0.15, -0.1) is 0 Å². The molecule has 1 saturated carbocycles. The molecule has 4 nitrogen and oxygen atoms in total. The topological polar surface area (TPSA) is 72.3 Å². The zero-order chi connectivity index (χ0) is 15.6. The number of carbonyl (C=O) groups is 1. The normalized spacial score (nSPS) is 15.6. The maximum absolute atomic E-state index is 11.8. The molecule has 0 spiro atoms. The van der Waals surface area contributed by atoms with Gasteiger partial charge in [-0.2, -0.15) is 0 Å². The van der Waals surface area contributed by atoms with Gasteiger partial charge in [-0.3, -0.25) is 4.79 Å². The van der Waals surface area contributed by atoms with E-state index in [1.807, 2.05) is 0 Å². The van der Waals surface area contributed by atoms with Crippen molar-refractivity contribution in [2.24, 2.45) is 11.7 Å². The molecule has 0 aromatic heterocycles. The van der Waals surface area contributed by atoms with Gasteiger partial charge in [-0.1, -0.05) is 38.3 Å². The van der Waals surface area contributed by atoms with E-state index in [1.165, 1.54) is 12.8 Å². The summed E-state index contributed by atoms with van der Waals surface area (Å²) in [6, 6.07) is 3.75. The molecule has 1 fully saturated rings. The molecule has 2 rings (SSSR count). The highest BCUT2D eigenvalue weighted by Gasteiger charge is 2.28. The van der Waals surface area contributed by atoms with Gasteiger partial charge in [0.2, 0.25) is 0 Å². The second kappa shape index (κ2) is 6.56. The molecule has 0 saturated heterocycles. The highest BCUT2D eigenvalue weighted by Crippen LogP contribution is 2.37. The van der Waals surface area contributed by atoms with Crippen LogP contribution in [0.2, 0.25) is 5.02 Å². The van der Waals surface area contributed by atoms with Gasteiger partial charge in [0.05, 0.1) is 16.3 Å². The van der Waals surface area contributed by atoms with E-state index >= 15 is 0 Å². The Morgan fingerprint density at radius 2 is 2.00 bits per heavy atom. The molecule has 0 unspecified atom stereocenters. The standard InChI is InChI=1S/C16H24ClN3O/c1-10(2)9-20(12-5-3-4-6-12)15-13(16(19)21)7-11(18)8-14(15)17/h7-8,10,12H,3-6,9,18H2,1-2H3,(H2,19,21). The minimum absolute atomic E-state index is 0.423. The first-order valence-corrected chi connectivity index (χ1v) is 7.93. The second-order valence-corrected chi connectivity index (χ2v) is 6.65. The van der Waals surface area contributed by atoms with E-state index < -0.39 is 5.91 Å². The number of nitrogen functional groups attached to an aromatic ring is 1. The third kappa shape index (κ3) is 3.62. The second-order valence-electron chi connectivity index (χ2n) is 6.25. The van der Waals surface area contributed by atoms with E-state index in [1.54, 1.807) is 12.1 Å². The smallest absolute Gasteiger partial charge is 0.250 e. The van der Waals surface area contributed by atoms with Crippen LogP contribution in [0.1, 0.15) is 49.9 Å². The highest BCUT2D eigenvalue weighted by atomic mass is 35.5. The fourth-order valence-electron chi connectivity index (χ4n) is 3.13. The largest absolute Gasteiger partial charge is 0.399 e. The molecule has 1 amide bonds. The molecule has 5 heteroatoms. The molecule has 1 aliphatic carbocycles. The van der Waals surface area contributed by atoms with Crippen LogP contribution in [0.15, 0.2) is 12.1 Å². The van der Waals surface area contributed by atoms with Crippen LogP contribution in [0, 0.1) is 5.92 Å². The van der Waals surface area contributed by atoms with Gasteiger partial charge in [0.1, 0.15) is 0 Å². The summed E-state index contributed by atoms with van der Waals surface area (Å²) in [6.45, 7) is 5.18. The summed E-state index contributed by atoms with van der Waals surface area (Å²) in [4.78, 5) is 14.1. The maximum atomic E-state index is 11.8. The van der Waals surface area contributed by atoms with Crippen LogP contribution in [0.5, 0.6) is 0 Å². The van der Waals surface area contributed by atoms with Crippen LogP contribution in [0.25, 0.3) is 0 Å². The van der Waals surface area contributed by atoms with E-state index in [2.05, 4.69) is 18.7 Å². The molecule has 1 aromatic rings. The van der Waals surface area contributed by atoms with E-state index in [-0.39, 0.29) is 0 Å². The summed E-state index contributed by atoms with van der Waals surface area (Å²) < 4.78 is 0. The van der Waals surface area contributed by atoms with Crippen molar-refractivity contribution in [1.29, 1.82) is 0 Å². The van der Waals surface area contributed by atoms with Crippen molar-refractivity contribution >= 4 is 28.9 Å². The minimum Gasteiger partial charge on any atom is -0.399 e. The van der Waals surface area contributed by atoms with Crippen molar-refractivity contribution in [2.45, 2.75) is 45.6 Å². The van der Waals surface area contributed by atoms with Crippen molar-refractivity contribution in [1.82, 2.24) is 0 Å². The van der Waals surface area contributed by atoms with Crippen LogP contribution in [0.3, 0.4) is 0 Å². The SMILES string of the molecule is CC(C)CN(c1c(Cl)cc(N)cc1C(N)=O)C1CCCC1. The maximum Gasteiger partial charge on any atom is 0.250 e. The zero-order valence-corrected chi connectivity index (χ0v) is 13.5. The van der Waals surface area contributed by atoms with E-state index in [0.29, 0.717) is 28.2 Å². The Morgan fingerprint density at radius 1 is 1.38 bits per heavy atom. The van der Waals surface area contributed by atoms with Gasteiger partial charge >= 0.3 is 0 Å². The zero-order valence-electron chi connectivity index (χ0n) is 12.7. The van der Waals surface area contributed by atoms with E-state index in [9.17, 15) is 4.79 Å². The number of nitrogens with two attached hydrogens (primary N) is 2. The molecular formula is C16H24ClN3O. The van der Waals surface area contributed by atoms with Crippen molar-refractivity contribution in [3.8, 4) is 0 Å². The van der Waals surface area contributed by atoms with Crippen molar-refractivity contribution in [2.75, 3.05) is 17.2 Å². The molecule has 1 aliphatic rings. The molecule has 4 N–H and O–H groups in total. The Labute approximate surface area is 131 Å². The molecular weight excluding hydrogens is 286 g/mol. The van der Waals surface area contributed by atoms with Gasteiger partial charge in [0, 0.05) is 18.3 Å². The molecule has 116 valence electrons. The van der Waals surface area contributed by atoms with Crippen LogP contribution in [-0.4, -0.2) is 18.5 Å². The summed E-state index contributed by atoms with van der Waals surface area (Å²) in [5.41, 5.74) is 13.0. The lowest BCUT2D eigenvalue weighted by molar-refractivity contribution is 0.100. The molecule has 0 radical (unpaired) electrons. The molecule has 21 heavy (non-hydrogen) atoms. The van der Waals surface area contributed by atoms with Gasteiger partial charge in [0.25, 0.3) is 5.91 Å². The summed E-state index contributed by atoms with van der Waals surface area (Å²) in [6.07, 6.45) is 4.70. The lowest BCUT2D eigenvalue weighted by Crippen LogP contribution is -2.38. The Kier molecular flexibility index (Phi) is 4.99. The average molecular weight is 310 g/mol. The van der Waals surface area contributed by atoms with Crippen LogP contribution >= 0.6 is 11.6 Å². The number of hydrogen-bond acceptors (Lipinski definition) is 3. The number of benzene rings is 1. The first-order valence-electron chi connectivity index (χ1n) is 7.55. The number of halogens is 1. The Morgan fingerprint density at radius 3 is 2.52 bits per heavy atom. The third-order valence-electron chi connectivity index (χ3n) is 3.97. The monoisotopic (exact) mass is 309 g/mol. The summed E-state index contributed by atoms with van der Waals surface area (Å²) in [7, 11) is 0. The number of hydrogen-bond donors (Lipinski definition) is 2. The van der Waals surface area contributed by atoms with E-state index in [0.717, 1.165) is 25.1 Å². The van der Waals surface area contributed by atoms with Crippen molar-refractivity contribution in [3.05, 3.63) is 22.7 Å². The number of carbonyl (C=O) groups excluding carboxylic acids is 1. The van der Waals surface area contributed by atoms with Gasteiger partial charge in [-0.25, -0.2) is 0 Å². The number of rotatable bonds is 5. The van der Waals surface area contributed by atoms with Gasteiger partial charge in [-0.05, 0) is 30.9 Å². The Bertz CT molecular complexity index is 524. The number of primary amides is 1. The number of amides is 1. The van der Waals surface area contributed by atoms with Crippen molar-refractivity contribution < 1.29 is 4.79 Å². The average Bonchev–Trinajstić information content (AvgIpc) is 2.89. The minimum atomic E-state index is -0.481. The summed E-state index contributed by atoms with van der Waals surface area (Å²) in [5.74, 6) is -0.00843. The Hall–Kier alpha value is -1.42. The Balaban J connectivity index is 2.49. The van der Waals surface area contributed by atoms with Crippen LogP contribution < -0.4 is 16.4 Å². The van der Waals surface area contributed by atoms with E-state index in [4.69, 9.17) is 23.1 Å². The molecule has 1 aromatic carbocycles. The van der Waals surface area contributed by atoms with Crippen molar-refractivity contribution in [3.63, 3.8) is 0 Å².